The Bertz CT molecular complexity index is 1020. The van der Waals surface area contributed by atoms with Gasteiger partial charge in [-0.2, -0.15) is 0 Å². The molecule has 1 N–H and O–H groups in total. The van der Waals surface area contributed by atoms with Crippen molar-refractivity contribution >= 4 is 16.7 Å². The number of anilines is 1. The molecule has 3 aromatic rings. The van der Waals surface area contributed by atoms with E-state index < -0.39 is 23.8 Å². The Labute approximate surface area is 154 Å². The van der Waals surface area contributed by atoms with Crippen molar-refractivity contribution in [3.8, 4) is 5.75 Å². The number of aryl methyl sites for hydroxylation is 1. The fraction of sp³-hybridized carbons (Fsp3) is 0.300. The Morgan fingerprint density at radius 2 is 1.89 bits per heavy atom. The molecule has 1 aromatic heterocycles. The van der Waals surface area contributed by atoms with Crippen molar-refractivity contribution < 1.29 is 17.9 Å². The van der Waals surface area contributed by atoms with Gasteiger partial charge in [0.25, 0.3) is 6.43 Å². The molecule has 0 aliphatic carbocycles. The maximum absolute atomic E-state index is 14.5. The number of aromatic nitrogens is 2. The topological polar surface area (TPSA) is 47.0 Å². The molecule has 1 atom stereocenters. The van der Waals surface area contributed by atoms with Gasteiger partial charge < -0.3 is 10.1 Å². The Kier molecular flexibility index (Phi) is 4.37. The highest BCUT2D eigenvalue weighted by molar-refractivity contribution is 5.93. The van der Waals surface area contributed by atoms with Gasteiger partial charge in [-0.25, -0.2) is 23.1 Å². The van der Waals surface area contributed by atoms with Gasteiger partial charge in [-0.05, 0) is 26.0 Å². The molecule has 140 valence electrons. The van der Waals surface area contributed by atoms with Gasteiger partial charge >= 0.3 is 0 Å². The smallest absolute Gasteiger partial charge is 0.266 e. The average molecular weight is 373 g/mol. The van der Waals surface area contributed by atoms with Gasteiger partial charge in [-0.1, -0.05) is 18.2 Å². The second kappa shape index (κ2) is 6.72. The lowest BCUT2D eigenvalue weighted by molar-refractivity contribution is 0.146. The lowest BCUT2D eigenvalue weighted by Crippen LogP contribution is -2.12. The first-order valence-electron chi connectivity index (χ1n) is 8.71. The zero-order valence-corrected chi connectivity index (χ0v) is 14.9. The van der Waals surface area contributed by atoms with Crippen LogP contribution in [0.15, 0.2) is 30.3 Å². The summed E-state index contributed by atoms with van der Waals surface area (Å²) < 4.78 is 46.1. The minimum Gasteiger partial charge on any atom is -0.493 e. The largest absolute Gasteiger partial charge is 0.493 e. The molecule has 7 heteroatoms. The summed E-state index contributed by atoms with van der Waals surface area (Å²) in [5.41, 5.74) is 1.40. The summed E-state index contributed by atoms with van der Waals surface area (Å²) in [6.45, 7) is 4.11. The number of nitrogens with zero attached hydrogens (tertiary/aromatic N) is 2. The van der Waals surface area contributed by atoms with Crippen LogP contribution in [0.5, 0.6) is 5.75 Å². The molecule has 1 aliphatic heterocycles. The summed E-state index contributed by atoms with van der Waals surface area (Å²) in [5.74, 6) is 1.04. The van der Waals surface area contributed by atoms with E-state index >= 15 is 0 Å². The molecule has 0 radical (unpaired) electrons. The van der Waals surface area contributed by atoms with E-state index in [1.165, 1.54) is 12.1 Å². The normalized spacial score (nSPS) is 14.3. The van der Waals surface area contributed by atoms with Crippen molar-refractivity contribution in [3.63, 3.8) is 0 Å². The standard InChI is InChI=1S/C20H18F3N3O/c1-10(12-4-3-5-14(17(12)21)19(22)23)24-20-15-6-7-16-13(8-9-27-16)18(15)25-11(2)26-20/h3-7,10,19H,8-9H2,1-2H3,(H,24,25,26)/t10-/m1/s1. The summed E-state index contributed by atoms with van der Waals surface area (Å²) >= 11 is 0. The minimum absolute atomic E-state index is 0.168. The fourth-order valence-corrected chi connectivity index (χ4v) is 3.45. The summed E-state index contributed by atoms with van der Waals surface area (Å²) in [6, 6.07) is 7.22. The summed E-state index contributed by atoms with van der Waals surface area (Å²) in [6.07, 6.45) is -2.09. The van der Waals surface area contributed by atoms with Gasteiger partial charge in [-0.15, -0.1) is 0 Å². The third kappa shape index (κ3) is 3.07. The van der Waals surface area contributed by atoms with Crippen LogP contribution in [0.2, 0.25) is 0 Å². The summed E-state index contributed by atoms with van der Waals surface area (Å²) in [5, 5.41) is 3.96. The van der Waals surface area contributed by atoms with Crippen LogP contribution in [0, 0.1) is 12.7 Å². The SMILES string of the molecule is Cc1nc(N[C@H](C)c2cccc(C(F)F)c2F)c2ccc3c(c2n1)CCO3. The van der Waals surface area contributed by atoms with Crippen LogP contribution >= 0.6 is 0 Å². The number of halogens is 3. The van der Waals surface area contributed by atoms with E-state index in [9.17, 15) is 13.2 Å². The molecule has 4 rings (SSSR count). The molecule has 0 spiro atoms. The van der Waals surface area contributed by atoms with E-state index in [0.29, 0.717) is 18.2 Å². The van der Waals surface area contributed by atoms with Crippen molar-refractivity contribution in [2.45, 2.75) is 32.7 Å². The van der Waals surface area contributed by atoms with Gasteiger partial charge in [0.15, 0.2) is 0 Å². The van der Waals surface area contributed by atoms with E-state index in [1.54, 1.807) is 13.8 Å². The third-order valence-corrected chi connectivity index (χ3v) is 4.77. The Morgan fingerprint density at radius 1 is 1.11 bits per heavy atom. The zero-order chi connectivity index (χ0) is 19.1. The quantitative estimate of drug-likeness (QED) is 0.689. The van der Waals surface area contributed by atoms with Crippen molar-refractivity contribution in [1.29, 1.82) is 0 Å². The van der Waals surface area contributed by atoms with E-state index in [-0.39, 0.29) is 5.56 Å². The number of fused-ring (bicyclic) bond motifs is 3. The monoisotopic (exact) mass is 373 g/mol. The molecular weight excluding hydrogens is 355 g/mol. The zero-order valence-electron chi connectivity index (χ0n) is 14.9. The van der Waals surface area contributed by atoms with Gasteiger partial charge in [0.1, 0.15) is 23.2 Å². The third-order valence-electron chi connectivity index (χ3n) is 4.77. The molecule has 2 heterocycles. The highest BCUT2D eigenvalue weighted by atomic mass is 19.3. The Hall–Kier alpha value is -2.83. The number of benzene rings is 2. The Balaban J connectivity index is 1.75. The maximum Gasteiger partial charge on any atom is 0.266 e. The van der Waals surface area contributed by atoms with Crippen LogP contribution in [0.25, 0.3) is 10.9 Å². The molecule has 0 unspecified atom stereocenters. The Morgan fingerprint density at radius 3 is 2.67 bits per heavy atom. The van der Waals surface area contributed by atoms with Gasteiger partial charge in [0.05, 0.1) is 23.7 Å². The van der Waals surface area contributed by atoms with E-state index in [0.717, 1.165) is 34.7 Å². The van der Waals surface area contributed by atoms with E-state index in [2.05, 4.69) is 15.3 Å². The second-order valence-electron chi connectivity index (χ2n) is 6.57. The molecule has 0 amide bonds. The van der Waals surface area contributed by atoms with Gasteiger partial charge in [-0.3, -0.25) is 0 Å². The molecule has 0 saturated carbocycles. The highest BCUT2D eigenvalue weighted by Gasteiger charge is 2.22. The second-order valence-corrected chi connectivity index (χ2v) is 6.57. The first kappa shape index (κ1) is 17.6. The van der Waals surface area contributed by atoms with E-state index in [4.69, 9.17) is 4.74 Å². The number of hydrogen-bond donors (Lipinski definition) is 1. The summed E-state index contributed by atoms with van der Waals surface area (Å²) in [4.78, 5) is 8.98. The van der Waals surface area contributed by atoms with Crippen LogP contribution in [0.1, 0.15) is 41.9 Å². The average Bonchev–Trinajstić information content (AvgIpc) is 3.10. The predicted molar refractivity (Wildman–Crippen MR) is 96.9 cm³/mol. The van der Waals surface area contributed by atoms with Crippen LogP contribution in [-0.2, 0) is 6.42 Å². The van der Waals surface area contributed by atoms with Crippen molar-refractivity contribution in [1.82, 2.24) is 9.97 Å². The lowest BCUT2D eigenvalue weighted by Gasteiger charge is -2.19. The fourth-order valence-electron chi connectivity index (χ4n) is 3.45. The number of nitrogens with one attached hydrogen (secondary N) is 1. The lowest BCUT2D eigenvalue weighted by atomic mass is 10.0. The molecule has 2 aromatic carbocycles. The highest BCUT2D eigenvalue weighted by Crippen LogP contribution is 2.35. The molecular formula is C20H18F3N3O. The first-order valence-corrected chi connectivity index (χ1v) is 8.71. The molecule has 1 aliphatic rings. The van der Waals surface area contributed by atoms with Crippen LogP contribution in [-0.4, -0.2) is 16.6 Å². The van der Waals surface area contributed by atoms with Gasteiger partial charge in [0, 0.05) is 22.9 Å². The molecule has 0 fully saturated rings. The minimum atomic E-state index is -2.86. The van der Waals surface area contributed by atoms with Crippen LogP contribution in [0.4, 0.5) is 19.0 Å². The van der Waals surface area contributed by atoms with Crippen LogP contribution in [0.3, 0.4) is 0 Å². The van der Waals surface area contributed by atoms with Crippen molar-refractivity contribution in [2.75, 3.05) is 11.9 Å². The maximum atomic E-state index is 14.5. The number of hydrogen-bond acceptors (Lipinski definition) is 4. The first-order chi connectivity index (χ1) is 13.0. The molecule has 4 nitrogen and oxygen atoms in total. The molecule has 27 heavy (non-hydrogen) atoms. The molecule has 0 saturated heterocycles. The molecule has 0 bridgehead atoms. The number of alkyl halides is 2. The van der Waals surface area contributed by atoms with E-state index in [1.807, 2.05) is 12.1 Å². The van der Waals surface area contributed by atoms with Gasteiger partial charge in [0.2, 0.25) is 0 Å². The van der Waals surface area contributed by atoms with Crippen molar-refractivity contribution in [3.05, 3.63) is 58.7 Å². The number of rotatable bonds is 4. The van der Waals surface area contributed by atoms with Crippen molar-refractivity contribution in [2.24, 2.45) is 0 Å². The summed E-state index contributed by atoms with van der Waals surface area (Å²) in [7, 11) is 0. The predicted octanol–water partition coefficient (Wildman–Crippen LogP) is 5.12. The van der Waals surface area contributed by atoms with Crippen LogP contribution < -0.4 is 10.1 Å². The number of ether oxygens (including phenoxy) is 1.